The summed E-state index contributed by atoms with van der Waals surface area (Å²) in [6, 6.07) is 5.15. The lowest BCUT2D eigenvalue weighted by Crippen LogP contribution is -2.39. The molecular weight excluding hydrogens is 325 g/mol. The number of halogens is 2. The zero-order chi connectivity index (χ0) is 15.9. The Kier molecular flexibility index (Phi) is 4.15. The van der Waals surface area contributed by atoms with Gasteiger partial charge in [0.25, 0.3) is 0 Å². The van der Waals surface area contributed by atoms with Crippen LogP contribution < -0.4 is 5.32 Å². The fourth-order valence-corrected chi connectivity index (χ4v) is 3.79. The molecule has 1 aromatic rings. The summed E-state index contributed by atoms with van der Waals surface area (Å²) in [5, 5.41) is 13.1. The zero-order valence-electron chi connectivity index (χ0n) is 11.6. The van der Waals surface area contributed by atoms with E-state index in [-0.39, 0.29) is 17.7 Å². The van der Waals surface area contributed by atoms with E-state index in [1.165, 1.54) is 0 Å². The van der Waals surface area contributed by atoms with Gasteiger partial charge >= 0.3 is 5.97 Å². The van der Waals surface area contributed by atoms with Gasteiger partial charge in [0.1, 0.15) is 0 Å². The minimum atomic E-state index is -0.897. The molecule has 2 N–H and O–H groups in total. The summed E-state index contributed by atoms with van der Waals surface area (Å²) in [4.78, 5) is 23.8. The first-order valence-corrected chi connectivity index (χ1v) is 7.85. The highest BCUT2D eigenvalue weighted by Crippen LogP contribution is 2.48. The van der Waals surface area contributed by atoms with Crippen molar-refractivity contribution in [3.63, 3.8) is 0 Å². The lowest BCUT2D eigenvalue weighted by molar-refractivity contribution is -0.147. The Morgan fingerprint density at radius 2 is 1.82 bits per heavy atom. The zero-order valence-corrected chi connectivity index (χ0v) is 13.1. The Hall–Kier alpha value is -1.52. The van der Waals surface area contributed by atoms with Gasteiger partial charge in [0.15, 0.2) is 0 Å². The lowest BCUT2D eigenvalue weighted by atomic mass is 9.82. The van der Waals surface area contributed by atoms with E-state index in [4.69, 9.17) is 23.2 Å². The molecular formula is C16H15Cl2NO3. The van der Waals surface area contributed by atoms with Crippen molar-refractivity contribution in [2.45, 2.75) is 13.0 Å². The van der Waals surface area contributed by atoms with E-state index in [0.717, 1.165) is 12.0 Å². The van der Waals surface area contributed by atoms with E-state index in [2.05, 4.69) is 5.32 Å². The number of carbonyl (C=O) groups is 2. The smallest absolute Gasteiger partial charge is 0.307 e. The number of carboxylic acids is 1. The van der Waals surface area contributed by atoms with Crippen molar-refractivity contribution in [3.05, 3.63) is 46.0 Å². The van der Waals surface area contributed by atoms with Gasteiger partial charge in [-0.2, -0.15) is 0 Å². The molecule has 0 unspecified atom stereocenters. The number of nitrogens with one attached hydrogen (secondary N) is 1. The van der Waals surface area contributed by atoms with Gasteiger partial charge in [-0.3, -0.25) is 9.59 Å². The molecule has 4 nitrogen and oxygen atoms in total. The number of amides is 1. The molecule has 4 atom stereocenters. The third-order valence-corrected chi connectivity index (χ3v) is 5.24. The highest BCUT2D eigenvalue weighted by atomic mass is 35.5. The molecule has 2 bridgehead atoms. The maximum Gasteiger partial charge on any atom is 0.307 e. The number of aliphatic carboxylic acids is 1. The van der Waals surface area contributed by atoms with Gasteiger partial charge in [0.2, 0.25) is 5.91 Å². The Morgan fingerprint density at radius 3 is 2.45 bits per heavy atom. The number of carbonyl (C=O) groups excluding carboxylic acids is 1. The molecule has 22 heavy (non-hydrogen) atoms. The third kappa shape index (κ3) is 2.73. The summed E-state index contributed by atoms with van der Waals surface area (Å²) in [5.41, 5.74) is 0.827. The minimum absolute atomic E-state index is 0.0248. The molecule has 2 aliphatic rings. The second-order valence-electron chi connectivity index (χ2n) is 5.80. The van der Waals surface area contributed by atoms with E-state index in [1.54, 1.807) is 18.2 Å². The number of fused-ring (bicyclic) bond motifs is 2. The second kappa shape index (κ2) is 5.94. The SMILES string of the molecule is O=C(O)[C@@H]1[C@H](C(=O)NCc2ccc(Cl)c(Cl)c2)[C@H]2C=C[C@H]1C2. The molecule has 6 heteroatoms. The van der Waals surface area contributed by atoms with Crippen LogP contribution in [0.2, 0.25) is 10.0 Å². The maximum absolute atomic E-state index is 12.4. The van der Waals surface area contributed by atoms with Crippen molar-refractivity contribution in [1.82, 2.24) is 5.32 Å². The Labute approximate surface area is 138 Å². The number of hydrogen-bond acceptors (Lipinski definition) is 2. The third-order valence-electron chi connectivity index (χ3n) is 4.50. The summed E-state index contributed by atoms with van der Waals surface area (Å²) in [6.07, 6.45) is 4.64. The van der Waals surface area contributed by atoms with Crippen molar-refractivity contribution in [3.8, 4) is 0 Å². The highest BCUT2D eigenvalue weighted by Gasteiger charge is 2.51. The topological polar surface area (TPSA) is 66.4 Å². The number of carboxylic acid groups (broad SMARTS) is 1. The van der Waals surface area contributed by atoms with E-state index in [9.17, 15) is 14.7 Å². The van der Waals surface area contributed by atoms with Crippen molar-refractivity contribution in [2.75, 3.05) is 0 Å². The summed E-state index contributed by atoms with van der Waals surface area (Å²) in [6.45, 7) is 0.305. The second-order valence-corrected chi connectivity index (χ2v) is 6.62. The van der Waals surface area contributed by atoms with Crippen LogP contribution in [0.4, 0.5) is 0 Å². The van der Waals surface area contributed by atoms with Crippen LogP contribution in [-0.4, -0.2) is 17.0 Å². The average molecular weight is 340 g/mol. The molecule has 0 aliphatic heterocycles. The molecule has 116 valence electrons. The predicted octanol–water partition coefficient (Wildman–Crippen LogP) is 3.13. The normalized spacial score (nSPS) is 28.8. The number of allylic oxidation sites excluding steroid dienone is 2. The summed E-state index contributed by atoms with van der Waals surface area (Å²) >= 11 is 11.8. The van der Waals surface area contributed by atoms with Crippen LogP contribution in [0.3, 0.4) is 0 Å². The molecule has 0 heterocycles. The first kappa shape index (κ1) is 15.4. The fourth-order valence-electron chi connectivity index (χ4n) is 3.47. The molecule has 0 saturated heterocycles. The van der Waals surface area contributed by atoms with Gasteiger partial charge in [0, 0.05) is 6.54 Å². The van der Waals surface area contributed by atoms with Crippen LogP contribution in [-0.2, 0) is 16.1 Å². The van der Waals surface area contributed by atoms with Crippen molar-refractivity contribution < 1.29 is 14.7 Å². The van der Waals surface area contributed by atoms with Crippen LogP contribution in [0.1, 0.15) is 12.0 Å². The van der Waals surface area contributed by atoms with E-state index in [1.807, 2.05) is 12.2 Å². The number of hydrogen-bond donors (Lipinski definition) is 2. The van der Waals surface area contributed by atoms with Gasteiger partial charge in [0.05, 0.1) is 21.9 Å². The molecule has 0 aromatic heterocycles. The molecule has 1 fully saturated rings. The van der Waals surface area contributed by atoms with Crippen LogP contribution >= 0.6 is 23.2 Å². The Morgan fingerprint density at radius 1 is 1.14 bits per heavy atom. The molecule has 0 spiro atoms. The fraction of sp³-hybridized carbons (Fsp3) is 0.375. The summed E-state index contributed by atoms with van der Waals surface area (Å²) < 4.78 is 0. The molecule has 3 rings (SSSR count). The van der Waals surface area contributed by atoms with E-state index in [0.29, 0.717) is 16.6 Å². The number of benzene rings is 1. The van der Waals surface area contributed by atoms with Crippen LogP contribution in [0.5, 0.6) is 0 Å². The van der Waals surface area contributed by atoms with Gasteiger partial charge < -0.3 is 10.4 Å². The first-order chi connectivity index (χ1) is 10.5. The van der Waals surface area contributed by atoms with E-state index >= 15 is 0 Å². The van der Waals surface area contributed by atoms with Crippen molar-refractivity contribution in [2.24, 2.45) is 23.7 Å². The largest absolute Gasteiger partial charge is 0.481 e. The standard InChI is InChI=1S/C16H15Cl2NO3/c17-11-4-1-8(5-12(11)18)7-19-15(20)13-9-2-3-10(6-9)14(13)16(21)22/h1-5,9-10,13-14H,6-7H2,(H,19,20)(H,21,22)/t9-,10-,13+,14-/m0/s1. The van der Waals surface area contributed by atoms with Crippen molar-refractivity contribution in [1.29, 1.82) is 0 Å². The Balaban J connectivity index is 1.68. The van der Waals surface area contributed by atoms with Crippen molar-refractivity contribution >= 4 is 35.1 Å². The molecule has 1 aromatic carbocycles. The van der Waals surface area contributed by atoms with Crippen LogP contribution in [0, 0.1) is 23.7 Å². The summed E-state index contributed by atoms with van der Waals surface area (Å²) in [5.74, 6) is -2.22. The van der Waals surface area contributed by atoms with Gasteiger partial charge in [-0.1, -0.05) is 41.4 Å². The van der Waals surface area contributed by atoms with E-state index < -0.39 is 17.8 Å². The molecule has 0 radical (unpaired) electrons. The first-order valence-electron chi connectivity index (χ1n) is 7.10. The summed E-state index contributed by atoms with van der Waals surface area (Å²) in [7, 11) is 0. The quantitative estimate of drug-likeness (QED) is 0.828. The average Bonchev–Trinajstić information content (AvgIpc) is 3.08. The van der Waals surface area contributed by atoms with Crippen LogP contribution in [0.15, 0.2) is 30.4 Å². The monoisotopic (exact) mass is 339 g/mol. The molecule has 1 saturated carbocycles. The predicted molar refractivity (Wildman–Crippen MR) is 83.7 cm³/mol. The highest BCUT2D eigenvalue weighted by molar-refractivity contribution is 6.42. The number of rotatable bonds is 4. The van der Waals surface area contributed by atoms with Gasteiger partial charge in [-0.15, -0.1) is 0 Å². The molecule has 1 amide bonds. The Bertz CT molecular complexity index is 659. The lowest BCUT2D eigenvalue weighted by Gasteiger charge is -2.23. The van der Waals surface area contributed by atoms with Gasteiger partial charge in [-0.25, -0.2) is 0 Å². The maximum atomic E-state index is 12.4. The van der Waals surface area contributed by atoms with Gasteiger partial charge in [-0.05, 0) is 36.0 Å². The van der Waals surface area contributed by atoms with Crippen LogP contribution in [0.25, 0.3) is 0 Å². The minimum Gasteiger partial charge on any atom is -0.481 e. The molecule has 2 aliphatic carbocycles.